The van der Waals surface area contributed by atoms with Crippen molar-refractivity contribution in [2.24, 2.45) is 5.92 Å². The third-order valence-corrected chi connectivity index (χ3v) is 8.72. The standard InChI is InChI=1S/C23H30FN3O7S2/c1-15-12-27(16(2)14-28)23(29)20-11-18(25-36(32,33)19-8-5-17(24)6-9-19)7-10-21(20)34-22(15)13-26(3)35(4,30)31/h5-11,15-16,22,25,28H,12-14H2,1-4H3/t15-,16+,22+/m1/s1. The van der Waals surface area contributed by atoms with Gasteiger partial charge in [-0.1, -0.05) is 6.92 Å². The zero-order chi connectivity index (χ0) is 26.8. The van der Waals surface area contributed by atoms with E-state index < -0.39 is 43.9 Å². The van der Waals surface area contributed by atoms with Crippen LogP contribution in [0, 0.1) is 11.7 Å². The number of nitrogens with zero attached hydrogens (tertiary/aromatic N) is 2. The molecule has 10 nitrogen and oxygen atoms in total. The number of amides is 1. The lowest BCUT2D eigenvalue weighted by Gasteiger charge is -2.38. The van der Waals surface area contributed by atoms with Crippen molar-refractivity contribution < 1.29 is 35.9 Å². The summed E-state index contributed by atoms with van der Waals surface area (Å²) in [5.41, 5.74) is 0.124. The topological polar surface area (TPSA) is 133 Å². The molecule has 0 bridgehead atoms. The van der Waals surface area contributed by atoms with Gasteiger partial charge in [-0.05, 0) is 49.4 Å². The second-order valence-electron chi connectivity index (χ2n) is 8.94. The van der Waals surface area contributed by atoms with Gasteiger partial charge >= 0.3 is 0 Å². The van der Waals surface area contributed by atoms with Gasteiger partial charge in [0, 0.05) is 25.2 Å². The molecule has 2 aromatic carbocycles. The number of rotatable bonds is 8. The number of carbonyl (C=O) groups excluding carboxylic acids is 1. The van der Waals surface area contributed by atoms with Crippen LogP contribution in [-0.4, -0.2) is 82.2 Å². The molecule has 2 aromatic rings. The van der Waals surface area contributed by atoms with Gasteiger partial charge in [-0.15, -0.1) is 0 Å². The van der Waals surface area contributed by atoms with Gasteiger partial charge in [0.15, 0.2) is 0 Å². The number of hydrogen-bond donors (Lipinski definition) is 2. The fraction of sp³-hybridized carbons (Fsp3) is 0.435. The molecule has 13 heteroatoms. The van der Waals surface area contributed by atoms with E-state index in [-0.39, 0.29) is 47.5 Å². The highest BCUT2D eigenvalue weighted by atomic mass is 32.2. The monoisotopic (exact) mass is 543 g/mol. The first kappa shape index (κ1) is 27.8. The number of sulfonamides is 2. The van der Waals surface area contributed by atoms with Gasteiger partial charge in [-0.25, -0.2) is 25.5 Å². The van der Waals surface area contributed by atoms with Crippen molar-refractivity contribution in [3.8, 4) is 5.75 Å². The van der Waals surface area contributed by atoms with Crippen molar-refractivity contribution >= 4 is 31.6 Å². The van der Waals surface area contributed by atoms with E-state index in [1.54, 1.807) is 6.92 Å². The highest BCUT2D eigenvalue weighted by Crippen LogP contribution is 2.31. The SMILES string of the molecule is C[C@@H]1CN([C@@H](C)CO)C(=O)c2cc(NS(=O)(=O)c3ccc(F)cc3)ccc2O[C@H]1CN(C)S(C)(=O)=O. The summed E-state index contributed by atoms with van der Waals surface area (Å²) in [6.07, 6.45) is 0.448. The summed E-state index contributed by atoms with van der Waals surface area (Å²) >= 11 is 0. The van der Waals surface area contributed by atoms with Crippen molar-refractivity contribution in [2.45, 2.75) is 30.9 Å². The summed E-state index contributed by atoms with van der Waals surface area (Å²) in [5, 5.41) is 9.74. The number of ether oxygens (including phenoxy) is 1. The van der Waals surface area contributed by atoms with Crippen LogP contribution >= 0.6 is 0 Å². The summed E-state index contributed by atoms with van der Waals surface area (Å²) in [6, 6.07) is 7.90. The minimum Gasteiger partial charge on any atom is -0.488 e. The molecule has 1 heterocycles. The van der Waals surface area contributed by atoms with Crippen LogP contribution in [0.25, 0.3) is 0 Å². The Morgan fingerprint density at radius 1 is 1.19 bits per heavy atom. The van der Waals surface area contributed by atoms with Crippen LogP contribution in [0.3, 0.4) is 0 Å². The smallest absolute Gasteiger partial charge is 0.261 e. The lowest BCUT2D eigenvalue weighted by atomic mass is 9.99. The number of anilines is 1. The second kappa shape index (κ2) is 10.7. The molecule has 0 fully saturated rings. The Hall–Kier alpha value is -2.74. The van der Waals surface area contributed by atoms with Crippen LogP contribution in [0.2, 0.25) is 0 Å². The fourth-order valence-electron chi connectivity index (χ4n) is 3.72. The zero-order valence-corrected chi connectivity index (χ0v) is 22.0. The molecule has 0 radical (unpaired) electrons. The van der Waals surface area contributed by atoms with Gasteiger partial charge in [0.05, 0.1) is 35.9 Å². The van der Waals surface area contributed by atoms with Crippen molar-refractivity contribution in [1.29, 1.82) is 0 Å². The minimum absolute atomic E-state index is 0.0217. The van der Waals surface area contributed by atoms with Crippen molar-refractivity contribution in [3.05, 3.63) is 53.8 Å². The molecule has 0 spiro atoms. The molecule has 1 aliphatic rings. The Balaban J connectivity index is 2.01. The zero-order valence-electron chi connectivity index (χ0n) is 20.4. The molecule has 0 unspecified atom stereocenters. The molecule has 1 amide bonds. The molecular formula is C23H30FN3O7S2. The van der Waals surface area contributed by atoms with Crippen LogP contribution in [0.4, 0.5) is 10.1 Å². The van der Waals surface area contributed by atoms with E-state index in [1.807, 2.05) is 6.92 Å². The maximum absolute atomic E-state index is 13.5. The third kappa shape index (κ3) is 6.33. The lowest BCUT2D eigenvalue weighted by molar-refractivity contribution is 0.0387. The van der Waals surface area contributed by atoms with E-state index in [2.05, 4.69) is 4.72 Å². The number of fused-ring (bicyclic) bond motifs is 1. The molecule has 0 saturated heterocycles. The molecule has 2 N–H and O–H groups in total. The first-order valence-electron chi connectivity index (χ1n) is 11.1. The van der Waals surface area contributed by atoms with Gasteiger partial charge in [0.1, 0.15) is 17.7 Å². The summed E-state index contributed by atoms with van der Waals surface area (Å²) in [6.45, 7) is 3.38. The van der Waals surface area contributed by atoms with Crippen molar-refractivity contribution in [3.63, 3.8) is 0 Å². The van der Waals surface area contributed by atoms with Gasteiger partial charge in [0.2, 0.25) is 10.0 Å². The molecule has 0 saturated carbocycles. The highest BCUT2D eigenvalue weighted by molar-refractivity contribution is 7.92. The van der Waals surface area contributed by atoms with Gasteiger partial charge in [-0.3, -0.25) is 9.52 Å². The van der Waals surface area contributed by atoms with Crippen LogP contribution < -0.4 is 9.46 Å². The average molecular weight is 544 g/mol. The molecule has 198 valence electrons. The van der Waals surface area contributed by atoms with Crippen LogP contribution in [-0.2, 0) is 20.0 Å². The predicted octanol–water partition coefficient (Wildman–Crippen LogP) is 1.74. The minimum atomic E-state index is -4.07. The normalized spacial score (nSPS) is 19.8. The quantitative estimate of drug-likeness (QED) is 0.518. The maximum Gasteiger partial charge on any atom is 0.261 e. The summed E-state index contributed by atoms with van der Waals surface area (Å²) in [5.74, 6) is -1.20. The van der Waals surface area contributed by atoms with Crippen LogP contribution in [0.15, 0.2) is 47.4 Å². The van der Waals surface area contributed by atoms with Crippen molar-refractivity contribution in [1.82, 2.24) is 9.21 Å². The Bertz CT molecular complexity index is 1320. The van der Waals surface area contributed by atoms with Gasteiger partial charge in [-0.2, -0.15) is 0 Å². The Morgan fingerprint density at radius 3 is 2.42 bits per heavy atom. The van der Waals surface area contributed by atoms with Crippen molar-refractivity contribution in [2.75, 3.05) is 37.7 Å². The average Bonchev–Trinajstić information content (AvgIpc) is 2.80. The molecule has 36 heavy (non-hydrogen) atoms. The van der Waals surface area contributed by atoms with Crippen LogP contribution in [0.5, 0.6) is 5.75 Å². The number of nitrogens with one attached hydrogen (secondary N) is 1. The summed E-state index contributed by atoms with van der Waals surface area (Å²) in [4.78, 5) is 14.8. The Labute approximate surface area is 210 Å². The van der Waals surface area contributed by atoms with E-state index in [0.29, 0.717) is 0 Å². The van der Waals surface area contributed by atoms with Gasteiger partial charge < -0.3 is 14.7 Å². The second-order valence-corrected chi connectivity index (χ2v) is 12.7. The van der Waals surface area contributed by atoms with E-state index >= 15 is 0 Å². The summed E-state index contributed by atoms with van der Waals surface area (Å²) < 4.78 is 72.3. The first-order valence-corrected chi connectivity index (χ1v) is 14.5. The van der Waals surface area contributed by atoms with E-state index in [4.69, 9.17) is 4.74 Å². The predicted molar refractivity (Wildman–Crippen MR) is 132 cm³/mol. The number of aliphatic hydroxyl groups excluding tert-OH is 1. The first-order chi connectivity index (χ1) is 16.7. The number of benzene rings is 2. The number of carbonyl (C=O) groups is 1. The van der Waals surface area contributed by atoms with Crippen LogP contribution in [0.1, 0.15) is 24.2 Å². The fourth-order valence-corrected chi connectivity index (χ4v) is 5.19. The van der Waals surface area contributed by atoms with E-state index in [1.165, 1.54) is 30.1 Å². The number of likely N-dealkylation sites (N-methyl/N-ethyl adjacent to an activating group) is 1. The third-order valence-electron chi connectivity index (χ3n) is 6.04. The largest absolute Gasteiger partial charge is 0.488 e. The van der Waals surface area contributed by atoms with E-state index in [9.17, 15) is 31.1 Å². The van der Waals surface area contributed by atoms with E-state index in [0.717, 1.165) is 34.8 Å². The Kier molecular flexibility index (Phi) is 8.28. The number of hydrogen-bond acceptors (Lipinski definition) is 7. The highest BCUT2D eigenvalue weighted by Gasteiger charge is 2.34. The number of aliphatic hydroxyl groups is 1. The Morgan fingerprint density at radius 2 is 1.83 bits per heavy atom. The molecule has 3 atom stereocenters. The maximum atomic E-state index is 13.5. The molecule has 0 aromatic heterocycles. The lowest BCUT2D eigenvalue weighted by Crippen LogP contribution is -2.50. The molecular weight excluding hydrogens is 513 g/mol. The van der Waals surface area contributed by atoms with Gasteiger partial charge in [0.25, 0.3) is 15.9 Å². The molecule has 3 rings (SSSR count). The number of halogens is 1. The molecule has 1 aliphatic heterocycles. The summed E-state index contributed by atoms with van der Waals surface area (Å²) in [7, 11) is -6.14. The molecule has 0 aliphatic carbocycles.